The Balaban J connectivity index is 3.64. The first-order valence-corrected chi connectivity index (χ1v) is 13.5. The minimum atomic E-state index is 0.373. The van der Waals surface area contributed by atoms with Gasteiger partial charge in [-0.3, -0.25) is 0 Å². The van der Waals surface area contributed by atoms with Crippen molar-refractivity contribution in [1.82, 2.24) is 0 Å². The molecule has 0 nitrogen and oxygen atoms in total. The number of hydrogen-bond acceptors (Lipinski definition) is 0. The standard InChI is InChI=1S/C23H49P/c1-4-7-10-12-14-16-19-22-24(21-18-9-6-3)23-20-17-15-13-11-8-5-2/h4-23H2,1-3H3. The molecule has 0 spiro atoms. The van der Waals surface area contributed by atoms with Gasteiger partial charge in [0.1, 0.15) is 0 Å². The van der Waals surface area contributed by atoms with Crippen LogP contribution in [0.5, 0.6) is 0 Å². The van der Waals surface area contributed by atoms with Gasteiger partial charge >= 0.3 is 0 Å². The summed E-state index contributed by atoms with van der Waals surface area (Å²) in [5, 5.41) is 0. The molecular formula is C23H49P. The second-order valence-electron chi connectivity index (χ2n) is 7.79. The van der Waals surface area contributed by atoms with Gasteiger partial charge < -0.3 is 0 Å². The molecule has 0 aromatic heterocycles. The summed E-state index contributed by atoms with van der Waals surface area (Å²) in [7, 11) is 0.373. The normalized spacial score (nSPS) is 11.5. The van der Waals surface area contributed by atoms with Crippen LogP contribution in [0.15, 0.2) is 0 Å². The average molecular weight is 357 g/mol. The van der Waals surface area contributed by atoms with Gasteiger partial charge in [0.2, 0.25) is 0 Å². The Morgan fingerprint density at radius 2 is 0.583 bits per heavy atom. The Bertz CT molecular complexity index is 196. The molecule has 0 saturated carbocycles. The molecule has 0 aromatic carbocycles. The monoisotopic (exact) mass is 356 g/mol. The average Bonchev–Trinajstić information content (AvgIpc) is 2.59. The Morgan fingerprint density at radius 3 is 0.958 bits per heavy atom. The molecule has 1 heteroatoms. The molecule has 0 amide bonds. The van der Waals surface area contributed by atoms with E-state index in [0.717, 1.165) is 0 Å². The van der Waals surface area contributed by atoms with Crippen LogP contribution in [0.1, 0.15) is 130 Å². The first kappa shape index (κ1) is 24.4. The van der Waals surface area contributed by atoms with Crippen LogP contribution >= 0.6 is 7.92 Å². The fourth-order valence-electron chi connectivity index (χ4n) is 3.51. The Hall–Kier alpha value is 0.430. The van der Waals surface area contributed by atoms with Gasteiger partial charge in [-0.25, -0.2) is 0 Å². The molecule has 0 aliphatic heterocycles. The maximum absolute atomic E-state index is 2.34. The minimum absolute atomic E-state index is 0.373. The molecular weight excluding hydrogens is 307 g/mol. The molecule has 0 atom stereocenters. The summed E-state index contributed by atoms with van der Waals surface area (Å²) in [6.45, 7) is 6.97. The number of rotatable bonds is 20. The largest absolute Gasteiger partial charge is 0.107 e. The van der Waals surface area contributed by atoms with Crippen LogP contribution in [0.3, 0.4) is 0 Å². The van der Waals surface area contributed by atoms with E-state index in [2.05, 4.69) is 20.8 Å². The quantitative estimate of drug-likeness (QED) is 0.151. The molecule has 0 rings (SSSR count). The topological polar surface area (TPSA) is 0 Å². The van der Waals surface area contributed by atoms with E-state index >= 15 is 0 Å². The molecule has 0 unspecified atom stereocenters. The van der Waals surface area contributed by atoms with E-state index in [4.69, 9.17) is 0 Å². The zero-order valence-electron chi connectivity index (χ0n) is 17.6. The van der Waals surface area contributed by atoms with E-state index in [1.165, 1.54) is 109 Å². The van der Waals surface area contributed by atoms with Gasteiger partial charge in [-0.05, 0) is 37.7 Å². The Kier molecular flexibility index (Phi) is 21.9. The lowest BCUT2D eigenvalue weighted by atomic mass is 10.1. The maximum Gasteiger partial charge on any atom is -0.0326 e. The van der Waals surface area contributed by atoms with Gasteiger partial charge in [0.25, 0.3) is 0 Å². The van der Waals surface area contributed by atoms with E-state index in [1.807, 2.05) is 0 Å². The third-order valence-corrected chi connectivity index (χ3v) is 8.08. The lowest BCUT2D eigenvalue weighted by molar-refractivity contribution is 0.599. The predicted molar refractivity (Wildman–Crippen MR) is 117 cm³/mol. The summed E-state index contributed by atoms with van der Waals surface area (Å²) < 4.78 is 0. The van der Waals surface area contributed by atoms with Crippen LogP contribution < -0.4 is 0 Å². The van der Waals surface area contributed by atoms with Crippen molar-refractivity contribution in [3.05, 3.63) is 0 Å². The summed E-state index contributed by atoms with van der Waals surface area (Å²) in [4.78, 5) is 0. The first-order chi connectivity index (χ1) is 11.8. The van der Waals surface area contributed by atoms with E-state index in [9.17, 15) is 0 Å². The Morgan fingerprint density at radius 1 is 0.333 bits per heavy atom. The van der Waals surface area contributed by atoms with Crippen LogP contribution in [0.4, 0.5) is 0 Å². The molecule has 0 aliphatic rings. The van der Waals surface area contributed by atoms with Gasteiger partial charge in [-0.15, -0.1) is 7.92 Å². The van der Waals surface area contributed by atoms with Crippen LogP contribution in [0.25, 0.3) is 0 Å². The number of hydrogen-bond donors (Lipinski definition) is 0. The molecule has 0 aliphatic carbocycles. The van der Waals surface area contributed by atoms with Crippen molar-refractivity contribution in [2.75, 3.05) is 18.5 Å². The summed E-state index contributed by atoms with van der Waals surface area (Å²) in [6.07, 6.45) is 29.7. The van der Waals surface area contributed by atoms with Crippen molar-refractivity contribution in [1.29, 1.82) is 0 Å². The van der Waals surface area contributed by atoms with Gasteiger partial charge in [0, 0.05) is 0 Å². The lowest BCUT2D eigenvalue weighted by Crippen LogP contribution is -1.97. The fourth-order valence-corrected chi connectivity index (χ4v) is 6.19. The molecule has 0 radical (unpaired) electrons. The van der Waals surface area contributed by atoms with Gasteiger partial charge in [0.15, 0.2) is 0 Å². The second-order valence-corrected chi connectivity index (χ2v) is 10.5. The molecule has 0 fully saturated rings. The minimum Gasteiger partial charge on any atom is -0.107 e. The van der Waals surface area contributed by atoms with Gasteiger partial charge in [-0.1, -0.05) is 111 Å². The SMILES string of the molecule is CCCCCCCCCP(CCCCC)CCCCCCCCC. The van der Waals surface area contributed by atoms with Crippen molar-refractivity contribution in [2.24, 2.45) is 0 Å². The molecule has 0 aromatic rings. The smallest absolute Gasteiger partial charge is 0.0326 e. The predicted octanol–water partition coefficient (Wildman–Crippen LogP) is 9.16. The summed E-state index contributed by atoms with van der Waals surface area (Å²) in [5.41, 5.74) is 0. The lowest BCUT2D eigenvalue weighted by Gasteiger charge is -2.18. The zero-order valence-corrected chi connectivity index (χ0v) is 18.5. The summed E-state index contributed by atoms with van der Waals surface area (Å²) in [6, 6.07) is 0. The van der Waals surface area contributed by atoms with Crippen LogP contribution in [-0.2, 0) is 0 Å². The first-order valence-electron chi connectivity index (χ1n) is 11.6. The molecule has 0 heterocycles. The van der Waals surface area contributed by atoms with Crippen molar-refractivity contribution >= 4 is 7.92 Å². The van der Waals surface area contributed by atoms with Crippen LogP contribution in [0, 0.1) is 0 Å². The highest BCUT2D eigenvalue weighted by molar-refractivity contribution is 7.57. The third kappa shape index (κ3) is 18.8. The molecule has 24 heavy (non-hydrogen) atoms. The summed E-state index contributed by atoms with van der Waals surface area (Å²) in [5.74, 6) is 0. The second kappa shape index (κ2) is 21.5. The van der Waals surface area contributed by atoms with E-state index in [1.54, 1.807) is 18.5 Å². The highest BCUT2D eigenvalue weighted by atomic mass is 31.1. The fraction of sp³-hybridized carbons (Fsp3) is 1.00. The maximum atomic E-state index is 2.34. The van der Waals surface area contributed by atoms with Crippen LogP contribution in [0.2, 0.25) is 0 Å². The third-order valence-electron chi connectivity index (χ3n) is 5.23. The van der Waals surface area contributed by atoms with Crippen molar-refractivity contribution in [2.45, 2.75) is 130 Å². The molecule has 0 N–H and O–H groups in total. The van der Waals surface area contributed by atoms with Gasteiger partial charge in [-0.2, -0.15) is 0 Å². The highest BCUT2D eigenvalue weighted by Gasteiger charge is 2.07. The van der Waals surface area contributed by atoms with E-state index < -0.39 is 0 Å². The van der Waals surface area contributed by atoms with Crippen molar-refractivity contribution < 1.29 is 0 Å². The number of unbranched alkanes of at least 4 members (excludes halogenated alkanes) is 14. The van der Waals surface area contributed by atoms with E-state index in [0.29, 0.717) is 7.92 Å². The van der Waals surface area contributed by atoms with Crippen LogP contribution in [-0.4, -0.2) is 18.5 Å². The van der Waals surface area contributed by atoms with Crippen molar-refractivity contribution in [3.63, 3.8) is 0 Å². The van der Waals surface area contributed by atoms with Gasteiger partial charge in [0.05, 0.1) is 0 Å². The van der Waals surface area contributed by atoms with E-state index in [-0.39, 0.29) is 0 Å². The molecule has 0 saturated heterocycles. The van der Waals surface area contributed by atoms with Crippen molar-refractivity contribution in [3.8, 4) is 0 Å². The molecule has 146 valence electrons. The summed E-state index contributed by atoms with van der Waals surface area (Å²) >= 11 is 0. The zero-order chi connectivity index (χ0) is 17.7. The highest BCUT2D eigenvalue weighted by Crippen LogP contribution is 2.39. The Labute approximate surface area is 156 Å². The molecule has 0 bridgehead atoms.